The van der Waals surface area contributed by atoms with Crippen LogP contribution in [0.2, 0.25) is 0 Å². The average Bonchev–Trinajstić information content (AvgIpc) is 2.84. The van der Waals surface area contributed by atoms with Crippen LogP contribution in [0, 0.1) is 22.5 Å². The van der Waals surface area contributed by atoms with E-state index in [4.69, 9.17) is 9.47 Å². The maximum absolute atomic E-state index is 13.9. The number of ketones is 1. The number of nitrogens with zero attached hydrogens (tertiary/aromatic N) is 1. The third-order valence-electron chi connectivity index (χ3n) is 7.71. The van der Waals surface area contributed by atoms with Crippen molar-refractivity contribution in [2.75, 3.05) is 26.9 Å². The first-order valence-corrected chi connectivity index (χ1v) is 11.9. The predicted molar refractivity (Wildman–Crippen MR) is 126 cm³/mol. The molecule has 0 radical (unpaired) electrons. The molecule has 36 heavy (non-hydrogen) atoms. The van der Waals surface area contributed by atoms with Crippen LogP contribution in [0.25, 0.3) is 0 Å². The molecule has 2 atom stereocenters. The van der Waals surface area contributed by atoms with Gasteiger partial charge in [-0.15, -0.1) is 0 Å². The molecule has 2 aromatic rings. The van der Waals surface area contributed by atoms with E-state index >= 15 is 0 Å². The summed E-state index contributed by atoms with van der Waals surface area (Å²) in [6, 6.07) is 2.95. The largest absolute Gasteiger partial charge is 0.503 e. The lowest BCUT2D eigenvalue weighted by Crippen LogP contribution is -2.57. The number of benzene rings is 1. The number of hydrogen-bond acceptors (Lipinski definition) is 6. The van der Waals surface area contributed by atoms with Crippen molar-refractivity contribution in [3.05, 3.63) is 63.1 Å². The Labute approximate surface area is 207 Å². The number of nitrogens with one attached hydrogen (secondary N) is 1. The number of pyridine rings is 1. The molecule has 0 spiro atoms. The molecular formula is C26H30F2N2O6. The fourth-order valence-corrected chi connectivity index (χ4v) is 5.48. The first-order chi connectivity index (χ1) is 17.1. The molecule has 2 N–H and O–H groups in total. The molecule has 1 aromatic heterocycles. The summed E-state index contributed by atoms with van der Waals surface area (Å²) in [7, 11) is 1.57. The quantitative estimate of drug-likeness (QED) is 0.535. The number of halogens is 2. The molecule has 1 aromatic carbocycles. The van der Waals surface area contributed by atoms with E-state index in [-0.39, 0.29) is 42.3 Å². The third kappa shape index (κ3) is 4.43. The van der Waals surface area contributed by atoms with Crippen molar-refractivity contribution in [3.63, 3.8) is 0 Å². The second kappa shape index (κ2) is 10.1. The van der Waals surface area contributed by atoms with Crippen LogP contribution < -0.4 is 10.7 Å². The molecule has 1 fully saturated rings. The number of fused-ring (bicyclic) bond motifs is 2. The predicted octanol–water partition coefficient (Wildman–Crippen LogP) is 3.19. The summed E-state index contributed by atoms with van der Waals surface area (Å²) in [5, 5.41) is 13.2. The second-order valence-electron chi connectivity index (χ2n) is 9.81. The van der Waals surface area contributed by atoms with Crippen LogP contribution in [0.3, 0.4) is 0 Å². The molecule has 8 nitrogen and oxygen atoms in total. The molecule has 4 rings (SSSR count). The lowest BCUT2D eigenvalue weighted by Gasteiger charge is -2.54. The van der Waals surface area contributed by atoms with E-state index in [1.54, 1.807) is 7.11 Å². The Balaban J connectivity index is 1.66. The van der Waals surface area contributed by atoms with Crippen LogP contribution in [0.5, 0.6) is 5.75 Å². The smallest absolute Gasteiger partial charge is 0.257 e. The summed E-state index contributed by atoms with van der Waals surface area (Å²) < 4.78 is 39.5. The van der Waals surface area contributed by atoms with Gasteiger partial charge in [0.15, 0.2) is 11.5 Å². The number of ether oxygens (including phenoxy) is 2. The summed E-state index contributed by atoms with van der Waals surface area (Å²) in [6.07, 6.45) is 4.32. The number of carbonyl (C=O) groups is 2. The second-order valence-corrected chi connectivity index (χ2v) is 9.81. The van der Waals surface area contributed by atoms with Gasteiger partial charge < -0.3 is 24.5 Å². The highest BCUT2D eigenvalue weighted by atomic mass is 19.1. The van der Waals surface area contributed by atoms with E-state index < -0.39 is 39.5 Å². The highest BCUT2D eigenvalue weighted by Crippen LogP contribution is 2.56. The molecule has 0 bridgehead atoms. The van der Waals surface area contributed by atoms with Crippen molar-refractivity contribution in [2.45, 2.75) is 45.7 Å². The fourth-order valence-electron chi connectivity index (χ4n) is 5.48. The monoisotopic (exact) mass is 504 g/mol. The number of rotatable bonds is 8. The van der Waals surface area contributed by atoms with Crippen molar-refractivity contribution >= 4 is 11.7 Å². The standard InChI is InChI=1S/C26H30F2N2O6/c1-25-7-3-4-8-26(25,15-36-10-9-35-2)14-30-13-18(21(31)22(32)20(30)23(25)33)24(34)29-12-16-5-6-17(27)11-19(16)28/h5-6,11,13,32H,3-4,7-10,12,14-15H2,1-2H3,(H,29,34)/t25-,26+/m1/s1. The number of carbonyl (C=O) groups excluding carboxylic acids is 2. The summed E-state index contributed by atoms with van der Waals surface area (Å²) in [4.78, 5) is 39.5. The molecule has 2 aliphatic rings. The Morgan fingerprint density at radius 2 is 1.94 bits per heavy atom. The lowest BCUT2D eigenvalue weighted by molar-refractivity contribution is -0.0786. The van der Waals surface area contributed by atoms with Crippen molar-refractivity contribution in [3.8, 4) is 5.75 Å². The van der Waals surface area contributed by atoms with E-state index in [2.05, 4.69) is 5.32 Å². The van der Waals surface area contributed by atoms with Gasteiger partial charge in [-0.25, -0.2) is 8.78 Å². The van der Waals surface area contributed by atoms with Crippen molar-refractivity contribution in [1.29, 1.82) is 0 Å². The zero-order chi connectivity index (χ0) is 26.1. The average molecular weight is 505 g/mol. The highest BCUT2D eigenvalue weighted by Gasteiger charge is 2.58. The summed E-state index contributed by atoms with van der Waals surface area (Å²) in [5.41, 5.74) is -2.86. The topological polar surface area (TPSA) is 107 Å². The molecule has 1 amide bonds. The fraction of sp³-hybridized carbons (Fsp3) is 0.500. The van der Waals surface area contributed by atoms with Crippen molar-refractivity contribution in [1.82, 2.24) is 9.88 Å². The highest BCUT2D eigenvalue weighted by molar-refractivity contribution is 6.03. The Hall–Kier alpha value is -3.11. The normalized spacial score (nSPS) is 23.2. The van der Waals surface area contributed by atoms with E-state index in [1.165, 1.54) is 16.8 Å². The maximum atomic E-state index is 13.9. The summed E-state index contributed by atoms with van der Waals surface area (Å²) in [5.74, 6) is -3.55. The number of hydrogen-bond donors (Lipinski definition) is 2. The van der Waals surface area contributed by atoms with Crippen LogP contribution in [0.4, 0.5) is 8.78 Å². The van der Waals surface area contributed by atoms with Crippen LogP contribution in [0.1, 0.15) is 59.0 Å². The minimum Gasteiger partial charge on any atom is -0.503 e. The first kappa shape index (κ1) is 26.0. The van der Waals surface area contributed by atoms with Gasteiger partial charge in [-0.3, -0.25) is 14.4 Å². The zero-order valence-corrected chi connectivity index (χ0v) is 20.4. The van der Waals surface area contributed by atoms with Gasteiger partial charge in [0, 0.05) is 48.9 Å². The van der Waals surface area contributed by atoms with Gasteiger partial charge in [0.1, 0.15) is 22.9 Å². The van der Waals surface area contributed by atoms with E-state index in [0.29, 0.717) is 32.1 Å². The lowest BCUT2D eigenvalue weighted by atomic mass is 9.53. The van der Waals surface area contributed by atoms with E-state index in [0.717, 1.165) is 18.9 Å². The first-order valence-electron chi connectivity index (χ1n) is 11.9. The van der Waals surface area contributed by atoms with Crippen LogP contribution >= 0.6 is 0 Å². The number of methoxy groups -OCH3 is 1. The zero-order valence-electron chi connectivity index (χ0n) is 20.4. The summed E-state index contributed by atoms with van der Waals surface area (Å²) in [6.45, 7) is 2.90. The van der Waals surface area contributed by atoms with Gasteiger partial charge in [-0.05, 0) is 18.9 Å². The molecule has 1 aliphatic heterocycles. The van der Waals surface area contributed by atoms with Gasteiger partial charge in [0.25, 0.3) is 5.91 Å². The van der Waals surface area contributed by atoms with E-state index in [9.17, 15) is 28.3 Å². The van der Waals surface area contributed by atoms with Crippen molar-refractivity contribution in [2.24, 2.45) is 10.8 Å². The SMILES string of the molecule is COCCOC[C@@]12CCCC[C@]1(C)C(=O)c1c(O)c(=O)c(C(=O)NCc3ccc(F)cc3F)cn1C2. The Morgan fingerprint density at radius 3 is 2.67 bits per heavy atom. The van der Waals surface area contributed by atoms with Crippen LogP contribution in [-0.2, 0) is 22.6 Å². The summed E-state index contributed by atoms with van der Waals surface area (Å²) >= 11 is 0. The minimum atomic E-state index is -0.977. The molecule has 2 heterocycles. The number of aromatic hydroxyl groups is 1. The third-order valence-corrected chi connectivity index (χ3v) is 7.71. The molecule has 0 unspecified atom stereocenters. The Bertz CT molecular complexity index is 1250. The Kier molecular flexibility index (Phi) is 7.28. The number of aromatic nitrogens is 1. The molecular weight excluding hydrogens is 474 g/mol. The molecule has 0 saturated heterocycles. The van der Waals surface area contributed by atoms with Gasteiger partial charge in [0.05, 0.1) is 19.8 Å². The number of amides is 1. The Morgan fingerprint density at radius 1 is 1.19 bits per heavy atom. The number of Topliss-reactive ketones (excluding diaryl/α,β-unsaturated/α-hetero) is 1. The molecule has 10 heteroatoms. The van der Waals surface area contributed by atoms with Gasteiger partial charge in [0.2, 0.25) is 5.43 Å². The molecule has 1 saturated carbocycles. The maximum Gasteiger partial charge on any atom is 0.257 e. The van der Waals surface area contributed by atoms with Gasteiger partial charge in [-0.1, -0.05) is 25.8 Å². The van der Waals surface area contributed by atoms with Gasteiger partial charge in [-0.2, -0.15) is 0 Å². The van der Waals surface area contributed by atoms with Crippen LogP contribution in [-0.4, -0.2) is 48.3 Å². The van der Waals surface area contributed by atoms with Crippen LogP contribution in [0.15, 0.2) is 29.2 Å². The molecule has 1 aliphatic carbocycles. The molecule has 194 valence electrons. The van der Waals surface area contributed by atoms with E-state index in [1.807, 2.05) is 6.92 Å². The minimum absolute atomic E-state index is 0.0346. The van der Waals surface area contributed by atoms with Gasteiger partial charge >= 0.3 is 0 Å². The van der Waals surface area contributed by atoms with Crippen molar-refractivity contribution < 1.29 is 33.0 Å².